The summed E-state index contributed by atoms with van der Waals surface area (Å²) in [4.78, 5) is 10.5. The monoisotopic (exact) mass is 263 g/mol. The van der Waals surface area contributed by atoms with E-state index in [9.17, 15) is 22.0 Å². The van der Waals surface area contributed by atoms with Gasteiger partial charge in [-0.05, 0) is 18.4 Å². The van der Waals surface area contributed by atoms with Gasteiger partial charge in [-0.15, -0.1) is 0 Å². The summed E-state index contributed by atoms with van der Waals surface area (Å²) in [5.74, 6) is -4.72. The summed E-state index contributed by atoms with van der Waals surface area (Å²) in [5.41, 5.74) is 0. The number of hydrogen-bond acceptors (Lipinski definition) is 4. The topological polar surface area (TPSA) is 83.5 Å². The van der Waals surface area contributed by atoms with Crippen LogP contribution in [0.25, 0.3) is 0 Å². The highest BCUT2D eigenvalue weighted by Crippen LogP contribution is 2.07. The van der Waals surface area contributed by atoms with Gasteiger partial charge >= 0.3 is 11.7 Å². The lowest BCUT2D eigenvalue weighted by Crippen LogP contribution is -2.43. The lowest BCUT2D eigenvalue weighted by atomic mass is 10.2. The molecule has 0 amide bonds. The largest absolute Gasteiger partial charge is 0.480 e. The number of nitrogens with one attached hydrogen (secondary N) is 1. The number of rotatable bonds is 7. The van der Waals surface area contributed by atoms with Crippen LogP contribution in [0.15, 0.2) is 0 Å². The number of thioether (sulfide) groups is 1. The van der Waals surface area contributed by atoms with Gasteiger partial charge in [0, 0.05) is 0 Å². The Kier molecular flexibility index (Phi) is 6.06. The van der Waals surface area contributed by atoms with Crippen LogP contribution in [0.2, 0.25) is 0 Å². The van der Waals surface area contributed by atoms with E-state index in [0.717, 1.165) is 0 Å². The quantitative estimate of drug-likeness (QED) is 0.692. The highest BCUT2D eigenvalue weighted by Gasteiger charge is 2.30. The molecule has 0 aromatic heterocycles. The first-order chi connectivity index (χ1) is 6.81. The number of aliphatic carboxylic acids is 1. The van der Waals surface area contributed by atoms with E-state index in [2.05, 4.69) is 0 Å². The van der Waals surface area contributed by atoms with E-state index in [-0.39, 0.29) is 6.42 Å². The molecule has 0 radical (unpaired) electrons. The van der Waals surface area contributed by atoms with Gasteiger partial charge in [0.15, 0.2) is 0 Å². The molecule has 5 nitrogen and oxygen atoms in total. The van der Waals surface area contributed by atoms with Crippen molar-refractivity contribution in [3.8, 4) is 0 Å². The summed E-state index contributed by atoms with van der Waals surface area (Å²) in [6.45, 7) is 0. The minimum atomic E-state index is -4.85. The Morgan fingerprint density at radius 3 is 2.40 bits per heavy atom. The minimum Gasteiger partial charge on any atom is -0.480 e. The van der Waals surface area contributed by atoms with Gasteiger partial charge in [0.25, 0.3) is 10.0 Å². The Hall–Kier alpha value is -0.410. The number of alkyl halides is 2. The molecule has 0 aromatic carbocycles. The Labute approximate surface area is 90.3 Å². The second-order valence-corrected chi connectivity index (χ2v) is 5.26. The lowest BCUT2D eigenvalue weighted by molar-refractivity contribution is -0.139. The van der Waals surface area contributed by atoms with E-state index in [4.69, 9.17) is 5.11 Å². The van der Waals surface area contributed by atoms with Crippen LogP contribution < -0.4 is 4.72 Å². The third kappa shape index (κ3) is 5.28. The molecular formula is C6H11F2NO4S2. The first-order valence-corrected chi connectivity index (χ1v) is 6.76. The molecule has 0 aliphatic carbocycles. The summed E-state index contributed by atoms with van der Waals surface area (Å²) in [6.07, 6.45) is 1.66. The zero-order valence-corrected chi connectivity index (χ0v) is 9.45. The number of hydrogen-bond donors (Lipinski definition) is 2. The Balaban J connectivity index is 4.48. The zero-order chi connectivity index (χ0) is 12.1. The average molecular weight is 263 g/mol. The fraction of sp³-hybridized carbons (Fsp3) is 0.833. The van der Waals surface area contributed by atoms with Crippen LogP contribution in [0.1, 0.15) is 6.42 Å². The summed E-state index contributed by atoms with van der Waals surface area (Å²) in [7, 11) is -4.85. The van der Waals surface area contributed by atoms with E-state index in [1.807, 2.05) is 0 Å². The van der Waals surface area contributed by atoms with Gasteiger partial charge in [-0.1, -0.05) is 0 Å². The molecule has 0 spiro atoms. The Morgan fingerprint density at radius 1 is 1.53 bits per heavy atom. The predicted molar refractivity (Wildman–Crippen MR) is 52.5 cm³/mol. The molecule has 0 saturated carbocycles. The molecule has 0 rings (SSSR count). The third-order valence-corrected chi connectivity index (χ3v) is 3.18. The highest BCUT2D eigenvalue weighted by atomic mass is 32.2. The molecule has 0 bridgehead atoms. The van der Waals surface area contributed by atoms with Gasteiger partial charge < -0.3 is 5.11 Å². The first-order valence-electron chi connectivity index (χ1n) is 3.82. The van der Waals surface area contributed by atoms with Crippen molar-refractivity contribution in [3.05, 3.63) is 0 Å². The Bertz CT molecular complexity index is 306. The van der Waals surface area contributed by atoms with Gasteiger partial charge in [0.2, 0.25) is 0 Å². The van der Waals surface area contributed by atoms with Crippen LogP contribution in [-0.2, 0) is 14.8 Å². The van der Waals surface area contributed by atoms with Gasteiger partial charge in [-0.25, -0.2) is 8.42 Å². The van der Waals surface area contributed by atoms with Crippen molar-refractivity contribution in [1.29, 1.82) is 0 Å². The van der Waals surface area contributed by atoms with Crippen LogP contribution in [-0.4, -0.2) is 43.3 Å². The number of carbonyl (C=O) groups is 1. The molecule has 0 aromatic rings. The van der Waals surface area contributed by atoms with Crippen LogP contribution >= 0.6 is 11.8 Å². The highest BCUT2D eigenvalue weighted by molar-refractivity contribution is 7.98. The molecule has 2 N–H and O–H groups in total. The van der Waals surface area contributed by atoms with E-state index in [1.165, 1.54) is 16.5 Å². The zero-order valence-electron chi connectivity index (χ0n) is 7.81. The van der Waals surface area contributed by atoms with Gasteiger partial charge in [-0.2, -0.15) is 25.3 Å². The predicted octanol–water partition coefficient (Wildman–Crippen LogP) is 0.335. The van der Waals surface area contributed by atoms with E-state index >= 15 is 0 Å². The van der Waals surface area contributed by atoms with Crippen molar-refractivity contribution >= 4 is 27.8 Å². The second-order valence-electron chi connectivity index (χ2n) is 2.60. The summed E-state index contributed by atoms with van der Waals surface area (Å²) in [6, 6.07) is -1.50. The maximum Gasteiger partial charge on any atom is 0.350 e. The fourth-order valence-corrected chi connectivity index (χ4v) is 1.91. The molecule has 15 heavy (non-hydrogen) atoms. The average Bonchev–Trinajstić information content (AvgIpc) is 2.11. The molecule has 0 aliphatic heterocycles. The summed E-state index contributed by atoms with van der Waals surface area (Å²) >= 11 is 1.30. The van der Waals surface area contributed by atoms with Crippen molar-refractivity contribution in [2.24, 2.45) is 0 Å². The van der Waals surface area contributed by atoms with Crippen molar-refractivity contribution in [2.45, 2.75) is 18.2 Å². The summed E-state index contributed by atoms with van der Waals surface area (Å²) < 4.78 is 46.6. The molecule has 1 atom stereocenters. The molecule has 0 saturated heterocycles. The van der Waals surface area contributed by atoms with Gasteiger partial charge in [0.1, 0.15) is 6.04 Å². The van der Waals surface area contributed by atoms with Crippen molar-refractivity contribution < 1.29 is 27.1 Å². The van der Waals surface area contributed by atoms with Crippen LogP contribution in [0.5, 0.6) is 0 Å². The van der Waals surface area contributed by atoms with E-state index < -0.39 is 27.8 Å². The maximum atomic E-state index is 11.9. The van der Waals surface area contributed by atoms with Crippen LogP contribution in [0.3, 0.4) is 0 Å². The molecule has 90 valence electrons. The number of carboxylic acids is 1. The molecule has 9 heteroatoms. The standard InChI is InChI=1S/C6H11F2NO4S2/c1-14-3-2-4(5(10)11)9-15(12,13)6(7)8/h4,6,9H,2-3H2,1H3,(H,10,11)/t4-/m1/s1. The molecule has 0 heterocycles. The van der Waals surface area contributed by atoms with Crippen molar-refractivity contribution in [3.63, 3.8) is 0 Å². The number of carboxylic acid groups (broad SMARTS) is 1. The number of sulfonamides is 1. The van der Waals surface area contributed by atoms with Gasteiger partial charge in [-0.3, -0.25) is 4.79 Å². The fourth-order valence-electron chi connectivity index (χ4n) is 0.718. The number of halogens is 2. The summed E-state index contributed by atoms with van der Waals surface area (Å²) in [5, 5.41) is 8.56. The molecular weight excluding hydrogens is 252 g/mol. The van der Waals surface area contributed by atoms with Gasteiger partial charge in [0.05, 0.1) is 0 Å². The maximum absolute atomic E-state index is 11.9. The SMILES string of the molecule is CSCC[C@@H](NS(=O)(=O)C(F)F)C(=O)O. The lowest BCUT2D eigenvalue weighted by Gasteiger charge is -2.13. The van der Waals surface area contributed by atoms with Crippen molar-refractivity contribution in [2.75, 3.05) is 12.0 Å². The van der Waals surface area contributed by atoms with E-state index in [1.54, 1.807) is 6.26 Å². The Morgan fingerprint density at radius 2 is 2.07 bits per heavy atom. The normalized spacial score (nSPS) is 14.1. The second kappa shape index (κ2) is 6.23. The third-order valence-electron chi connectivity index (χ3n) is 1.45. The molecule has 0 fully saturated rings. The molecule has 0 aliphatic rings. The minimum absolute atomic E-state index is 0.0392. The smallest absolute Gasteiger partial charge is 0.350 e. The van der Waals surface area contributed by atoms with Crippen LogP contribution in [0, 0.1) is 0 Å². The first kappa shape index (κ1) is 14.6. The van der Waals surface area contributed by atoms with E-state index in [0.29, 0.717) is 5.75 Å². The van der Waals surface area contributed by atoms with Crippen LogP contribution in [0.4, 0.5) is 8.78 Å². The van der Waals surface area contributed by atoms with Crippen molar-refractivity contribution in [1.82, 2.24) is 4.72 Å². The molecule has 0 unspecified atom stereocenters.